The van der Waals surface area contributed by atoms with Gasteiger partial charge in [0.25, 0.3) is 0 Å². The highest BCUT2D eigenvalue weighted by Gasteiger charge is 2.40. The summed E-state index contributed by atoms with van der Waals surface area (Å²) in [4.78, 5) is 2.64. The summed E-state index contributed by atoms with van der Waals surface area (Å²) in [6.07, 6.45) is 6.73. The second-order valence-electron chi connectivity index (χ2n) is 5.45. The van der Waals surface area contributed by atoms with Crippen molar-refractivity contribution in [2.24, 2.45) is 11.1 Å². The quantitative estimate of drug-likeness (QED) is 0.745. The van der Waals surface area contributed by atoms with Crippen molar-refractivity contribution in [1.29, 1.82) is 0 Å². The zero-order chi connectivity index (χ0) is 10.2. The molecule has 2 aliphatic carbocycles. The lowest BCUT2D eigenvalue weighted by Gasteiger charge is -2.35. The number of rotatable bonds is 4. The smallest absolute Gasteiger partial charge is 0.0105 e. The van der Waals surface area contributed by atoms with Crippen molar-refractivity contribution >= 4 is 0 Å². The van der Waals surface area contributed by atoms with E-state index in [-0.39, 0.29) is 0 Å². The third kappa shape index (κ3) is 1.96. The lowest BCUT2D eigenvalue weighted by Crippen LogP contribution is -2.45. The van der Waals surface area contributed by atoms with Gasteiger partial charge in [-0.15, -0.1) is 0 Å². The first-order chi connectivity index (χ1) is 6.65. The molecule has 0 aliphatic heterocycles. The van der Waals surface area contributed by atoms with Gasteiger partial charge in [-0.05, 0) is 37.6 Å². The van der Waals surface area contributed by atoms with Crippen LogP contribution in [0, 0.1) is 5.41 Å². The van der Waals surface area contributed by atoms with Crippen molar-refractivity contribution < 1.29 is 0 Å². The van der Waals surface area contributed by atoms with E-state index in [0.717, 1.165) is 6.04 Å². The fraction of sp³-hybridized carbons (Fsp3) is 1.00. The van der Waals surface area contributed by atoms with Crippen LogP contribution in [-0.4, -0.2) is 30.1 Å². The van der Waals surface area contributed by atoms with E-state index >= 15 is 0 Å². The summed E-state index contributed by atoms with van der Waals surface area (Å²) in [6.45, 7) is 7.10. The van der Waals surface area contributed by atoms with E-state index in [1.165, 1.54) is 45.2 Å². The summed E-state index contributed by atoms with van der Waals surface area (Å²) in [6, 6.07) is 1.33. The molecule has 14 heavy (non-hydrogen) atoms. The first-order valence-corrected chi connectivity index (χ1v) is 6.15. The van der Waals surface area contributed by atoms with Gasteiger partial charge in [-0.2, -0.15) is 0 Å². The highest BCUT2D eigenvalue weighted by molar-refractivity contribution is 4.96. The van der Waals surface area contributed by atoms with Crippen molar-refractivity contribution in [2.45, 2.75) is 58.0 Å². The molecule has 2 aliphatic rings. The second-order valence-corrected chi connectivity index (χ2v) is 5.45. The number of nitrogens with zero attached hydrogens (tertiary/aromatic N) is 1. The minimum Gasteiger partial charge on any atom is -0.327 e. The summed E-state index contributed by atoms with van der Waals surface area (Å²) < 4.78 is 0. The standard InChI is InChI=1S/C12H24N2/c1-3-14(10-6-7-10)9-12(2)8-4-5-11(12)13/h10-11H,3-9,13H2,1-2H3. The van der Waals surface area contributed by atoms with Crippen LogP contribution in [0.3, 0.4) is 0 Å². The Bertz CT molecular complexity index is 200. The number of hydrogen-bond acceptors (Lipinski definition) is 2. The molecule has 0 aromatic rings. The van der Waals surface area contributed by atoms with Crippen molar-refractivity contribution in [1.82, 2.24) is 4.90 Å². The Kier molecular flexibility index (Phi) is 2.85. The molecular weight excluding hydrogens is 172 g/mol. The van der Waals surface area contributed by atoms with Gasteiger partial charge < -0.3 is 10.6 Å². The van der Waals surface area contributed by atoms with E-state index in [1.807, 2.05) is 0 Å². The molecule has 0 spiro atoms. The Morgan fingerprint density at radius 3 is 2.50 bits per heavy atom. The van der Waals surface area contributed by atoms with Gasteiger partial charge in [0.15, 0.2) is 0 Å². The fourth-order valence-electron chi connectivity index (χ4n) is 2.86. The Morgan fingerprint density at radius 1 is 1.36 bits per heavy atom. The van der Waals surface area contributed by atoms with Gasteiger partial charge in [-0.25, -0.2) is 0 Å². The number of nitrogens with two attached hydrogens (primary N) is 1. The van der Waals surface area contributed by atoms with Crippen LogP contribution in [0.4, 0.5) is 0 Å². The zero-order valence-corrected chi connectivity index (χ0v) is 9.63. The fourth-order valence-corrected chi connectivity index (χ4v) is 2.86. The largest absolute Gasteiger partial charge is 0.327 e. The molecule has 0 heterocycles. The normalized spacial score (nSPS) is 38.1. The van der Waals surface area contributed by atoms with Crippen LogP contribution in [0.25, 0.3) is 0 Å². The van der Waals surface area contributed by atoms with Crippen LogP contribution >= 0.6 is 0 Å². The first-order valence-electron chi connectivity index (χ1n) is 6.15. The Morgan fingerprint density at radius 2 is 2.07 bits per heavy atom. The van der Waals surface area contributed by atoms with Crippen molar-refractivity contribution in [3.05, 3.63) is 0 Å². The van der Waals surface area contributed by atoms with Crippen LogP contribution < -0.4 is 5.73 Å². The van der Waals surface area contributed by atoms with Gasteiger partial charge in [0.1, 0.15) is 0 Å². The van der Waals surface area contributed by atoms with E-state index < -0.39 is 0 Å². The van der Waals surface area contributed by atoms with E-state index in [1.54, 1.807) is 0 Å². The minimum atomic E-state index is 0.401. The zero-order valence-electron chi connectivity index (χ0n) is 9.63. The van der Waals surface area contributed by atoms with Crippen molar-refractivity contribution in [2.75, 3.05) is 13.1 Å². The highest BCUT2D eigenvalue weighted by Crippen LogP contribution is 2.39. The van der Waals surface area contributed by atoms with Crippen LogP contribution in [0.5, 0.6) is 0 Å². The number of hydrogen-bond donors (Lipinski definition) is 1. The summed E-state index contributed by atoms with van der Waals surface area (Å²) in [7, 11) is 0. The first kappa shape index (κ1) is 10.4. The Labute approximate surface area is 87.8 Å². The minimum absolute atomic E-state index is 0.401. The van der Waals surface area contributed by atoms with Crippen LogP contribution in [-0.2, 0) is 0 Å². The third-order valence-electron chi connectivity index (χ3n) is 4.19. The van der Waals surface area contributed by atoms with Gasteiger partial charge in [0.2, 0.25) is 0 Å². The Hall–Kier alpha value is -0.0800. The van der Waals surface area contributed by atoms with Crippen LogP contribution in [0.2, 0.25) is 0 Å². The molecule has 2 heteroatoms. The summed E-state index contributed by atoms with van der Waals surface area (Å²) >= 11 is 0. The average molecular weight is 196 g/mol. The summed E-state index contributed by atoms with van der Waals surface area (Å²) in [5, 5.41) is 0. The van der Waals surface area contributed by atoms with E-state index in [0.29, 0.717) is 11.5 Å². The van der Waals surface area contributed by atoms with Gasteiger partial charge in [-0.3, -0.25) is 0 Å². The van der Waals surface area contributed by atoms with Crippen LogP contribution in [0.15, 0.2) is 0 Å². The lowest BCUT2D eigenvalue weighted by molar-refractivity contribution is 0.152. The third-order valence-corrected chi connectivity index (χ3v) is 4.19. The monoisotopic (exact) mass is 196 g/mol. The summed E-state index contributed by atoms with van der Waals surface area (Å²) in [5.41, 5.74) is 6.61. The van der Waals surface area contributed by atoms with Crippen LogP contribution in [0.1, 0.15) is 46.0 Å². The average Bonchev–Trinajstić information content (AvgIpc) is 2.93. The molecule has 0 aromatic carbocycles. The molecular formula is C12H24N2. The lowest BCUT2D eigenvalue weighted by atomic mass is 9.84. The molecule has 0 amide bonds. The molecule has 82 valence electrons. The maximum atomic E-state index is 6.21. The molecule has 2 saturated carbocycles. The molecule has 0 aromatic heterocycles. The van der Waals surface area contributed by atoms with E-state index in [9.17, 15) is 0 Å². The topological polar surface area (TPSA) is 29.3 Å². The van der Waals surface area contributed by atoms with Crippen molar-refractivity contribution in [3.63, 3.8) is 0 Å². The summed E-state index contributed by atoms with van der Waals surface area (Å²) in [5.74, 6) is 0. The maximum Gasteiger partial charge on any atom is 0.0105 e. The second kappa shape index (κ2) is 3.82. The maximum absolute atomic E-state index is 6.21. The van der Waals surface area contributed by atoms with Gasteiger partial charge in [0.05, 0.1) is 0 Å². The predicted molar refractivity (Wildman–Crippen MR) is 60.2 cm³/mol. The predicted octanol–water partition coefficient (Wildman–Crippen LogP) is 1.99. The van der Waals surface area contributed by atoms with E-state index in [2.05, 4.69) is 18.7 Å². The molecule has 2 unspecified atom stereocenters. The molecule has 2 rings (SSSR count). The molecule has 2 fully saturated rings. The molecule has 2 nitrogen and oxygen atoms in total. The van der Waals surface area contributed by atoms with Crippen molar-refractivity contribution in [3.8, 4) is 0 Å². The van der Waals surface area contributed by atoms with E-state index in [4.69, 9.17) is 5.73 Å². The van der Waals surface area contributed by atoms with Gasteiger partial charge in [0, 0.05) is 18.6 Å². The highest BCUT2D eigenvalue weighted by atomic mass is 15.2. The molecule has 2 N–H and O–H groups in total. The molecule has 0 saturated heterocycles. The van der Waals surface area contributed by atoms with Gasteiger partial charge in [-0.1, -0.05) is 20.3 Å². The molecule has 2 atom stereocenters. The Balaban J connectivity index is 1.93. The van der Waals surface area contributed by atoms with Gasteiger partial charge >= 0.3 is 0 Å². The molecule has 0 bridgehead atoms. The molecule has 0 radical (unpaired) electrons. The SMILES string of the molecule is CCN(CC1(C)CCCC1N)C1CC1.